The van der Waals surface area contributed by atoms with Gasteiger partial charge in [0.25, 0.3) is 0 Å². The molecule has 0 bridgehead atoms. The summed E-state index contributed by atoms with van der Waals surface area (Å²) in [6.07, 6.45) is 0. The van der Waals surface area contributed by atoms with Crippen molar-refractivity contribution in [3.05, 3.63) is 0 Å². The number of hydrogen-bond donors (Lipinski definition) is 0. The Hall–Kier alpha value is -0.0482. The molecule has 0 aliphatic carbocycles. The van der Waals surface area contributed by atoms with Crippen LogP contribution in [0.1, 0.15) is 0 Å². The van der Waals surface area contributed by atoms with Crippen molar-refractivity contribution in [1.29, 1.82) is 0 Å². The second kappa shape index (κ2) is 1.29. The zero-order valence-corrected chi connectivity index (χ0v) is 4.49. The molecule has 0 aliphatic rings. The van der Waals surface area contributed by atoms with Gasteiger partial charge in [0.1, 0.15) is 0 Å². The minimum absolute atomic E-state index is 0.194. The van der Waals surface area contributed by atoms with E-state index in [9.17, 15) is 4.79 Å². The highest BCUT2D eigenvalue weighted by Gasteiger charge is 1.63. The van der Waals surface area contributed by atoms with Crippen molar-refractivity contribution in [2.24, 2.45) is 0 Å². The summed E-state index contributed by atoms with van der Waals surface area (Å²) in [6, 6.07) is 0. The Bertz CT molecular complexity index is 31.0. The van der Waals surface area contributed by atoms with Crippen molar-refractivity contribution < 1.29 is 4.79 Å². The topological polar surface area (TPSA) is 17.1 Å². The lowest BCUT2D eigenvalue weighted by Crippen LogP contribution is -1.85. The molecule has 4 heavy (non-hydrogen) atoms. The van der Waals surface area contributed by atoms with Crippen molar-refractivity contribution in [3.8, 4) is 0 Å². The molecule has 1 nitrogen and oxygen atoms in total. The summed E-state index contributed by atoms with van der Waals surface area (Å²) in [5, 5.41) is -0.194. The Balaban J connectivity index is 2.80. The average molecular weight is 69.9 g/mol. The van der Waals surface area contributed by atoms with Crippen LogP contribution in [0.25, 0.3) is 0 Å². The van der Waals surface area contributed by atoms with E-state index in [4.69, 9.17) is 0 Å². The first kappa shape index (κ1) is 3.95. The highest BCUT2D eigenvalue weighted by Crippen LogP contribution is 1.40. The average Bonchev–Trinajstić information content (AvgIpc) is 0.811. The second-order valence-electron chi connectivity index (χ2n) is 0.611. The Morgan fingerprint density at radius 1 is 2.00 bits per heavy atom. The van der Waals surface area contributed by atoms with E-state index in [1.165, 1.54) is 0 Å². The molecule has 0 aliphatic heterocycles. The van der Waals surface area contributed by atoms with Gasteiger partial charge in [-0.1, -0.05) is 0 Å². The largest absolute Gasteiger partial charge is 0.319 e. The molecular formula is CH3BOSi. The van der Waals surface area contributed by atoms with E-state index in [-0.39, 0.29) is 5.31 Å². The number of rotatable bonds is 0. The molecule has 0 atom stereocenters. The number of carbonyl (C=O) groups is 1. The van der Waals surface area contributed by atoms with E-state index in [0.717, 1.165) is 0 Å². The van der Waals surface area contributed by atoms with Crippen LogP contribution in [-0.4, -0.2) is 23.4 Å². The Morgan fingerprint density at radius 2 is 2.00 bits per heavy atom. The van der Waals surface area contributed by atoms with Crippen LogP contribution in [0.5, 0.6) is 0 Å². The van der Waals surface area contributed by atoms with Gasteiger partial charge < -0.3 is 4.79 Å². The zero-order valence-electron chi connectivity index (χ0n) is 2.49. The monoisotopic (exact) mass is 70.0 g/mol. The number of hydrogen-bond acceptors (Lipinski definition) is 1. The fourth-order valence-corrected chi connectivity index (χ4v) is 0. The predicted molar refractivity (Wildman–Crippen MR) is 21.1 cm³/mol. The first-order chi connectivity index (χ1) is 1.73. The second-order valence-corrected chi connectivity index (χ2v) is 1.60. The first-order valence-corrected chi connectivity index (χ1v) is 1.99. The minimum Gasteiger partial charge on any atom is -0.319 e. The number of carbonyl (C=O) groups excluding carboxylic acids is 1. The molecule has 0 saturated heterocycles. The maximum atomic E-state index is 9.28. The van der Waals surface area contributed by atoms with Crippen LogP contribution >= 0.6 is 0 Å². The summed E-state index contributed by atoms with van der Waals surface area (Å²) < 4.78 is 0. The summed E-state index contributed by atoms with van der Waals surface area (Å²) in [5.74, 6) is 0. The minimum atomic E-state index is -0.194. The van der Waals surface area contributed by atoms with Crippen molar-refractivity contribution in [2.45, 2.75) is 0 Å². The van der Waals surface area contributed by atoms with E-state index >= 15 is 0 Å². The summed E-state index contributed by atoms with van der Waals surface area (Å²) in [7, 11) is 5.02. The Morgan fingerprint density at radius 3 is 2.00 bits per heavy atom. The summed E-state index contributed by atoms with van der Waals surface area (Å²) >= 11 is 0. The molecule has 0 amide bonds. The molecule has 0 fully saturated rings. The van der Waals surface area contributed by atoms with Gasteiger partial charge in [0, 0.05) is 5.31 Å². The molecule has 0 aromatic heterocycles. The van der Waals surface area contributed by atoms with Gasteiger partial charge in [-0.3, -0.25) is 0 Å². The van der Waals surface area contributed by atoms with E-state index in [0.29, 0.717) is 10.2 Å². The van der Waals surface area contributed by atoms with Gasteiger partial charge in [0.05, 0.1) is 10.2 Å². The van der Waals surface area contributed by atoms with E-state index < -0.39 is 0 Å². The fraction of sp³-hybridized carbons (Fsp3) is 0. The third kappa shape index (κ3) is 762. The lowest BCUT2D eigenvalue weighted by Gasteiger charge is -1.55. The quantitative estimate of drug-likeness (QED) is 0.322. The van der Waals surface area contributed by atoms with Gasteiger partial charge in [-0.05, 0) is 0 Å². The third-order valence-electron chi connectivity index (χ3n) is 0. The van der Waals surface area contributed by atoms with Gasteiger partial charge in [0.2, 0.25) is 0 Å². The smallest absolute Gasteiger partial charge is 0.159 e. The molecule has 0 N–H and O–H groups in total. The summed E-state index contributed by atoms with van der Waals surface area (Å²) in [5.41, 5.74) is 0. The van der Waals surface area contributed by atoms with Crippen LogP contribution in [0.4, 0.5) is 4.79 Å². The Labute approximate surface area is 29.2 Å². The highest BCUT2D eigenvalue weighted by atomic mass is 28.1. The highest BCUT2D eigenvalue weighted by molar-refractivity contribution is 6.87. The van der Waals surface area contributed by atoms with Crippen molar-refractivity contribution in [3.63, 3.8) is 0 Å². The van der Waals surface area contributed by atoms with Crippen LogP contribution in [-0.2, 0) is 0 Å². The van der Waals surface area contributed by atoms with Crippen LogP contribution in [0, 0.1) is 0 Å². The van der Waals surface area contributed by atoms with Gasteiger partial charge in [-0.15, -0.1) is 0 Å². The van der Waals surface area contributed by atoms with Crippen molar-refractivity contribution in [2.75, 3.05) is 0 Å². The molecule has 0 aromatic rings. The molecule has 0 aromatic carbocycles. The van der Waals surface area contributed by atoms with E-state index in [1.54, 1.807) is 0 Å². The maximum absolute atomic E-state index is 9.28. The molecule has 0 saturated carbocycles. The lowest BCUT2D eigenvalue weighted by molar-refractivity contribution is 0.275. The fourth-order valence-electron chi connectivity index (χ4n) is 0. The van der Waals surface area contributed by atoms with Gasteiger partial charge in [-0.2, -0.15) is 0 Å². The van der Waals surface area contributed by atoms with E-state index in [1.807, 2.05) is 0 Å². The molecule has 2 radical (unpaired) electrons. The van der Waals surface area contributed by atoms with Crippen LogP contribution in [0.3, 0.4) is 0 Å². The van der Waals surface area contributed by atoms with Crippen molar-refractivity contribution >= 4 is 23.4 Å². The summed E-state index contributed by atoms with van der Waals surface area (Å²) in [6.45, 7) is 0. The van der Waals surface area contributed by atoms with Crippen LogP contribution < -0.4 is 0 Å². The molecule has 0 heterocycles. The normalized spacial score (nSPS) is 7.00. The van der Waals surface area contributed by atoms with Gasteiger partial charge in [0.15, 0.2) is 7.85 Å². The maximum Gasteiger partial charge on any atom is 0.159 e. The predicted octanol–water partition coefficient (Wildman–Crippen LogP) is -1.36. The first-order valence-electron chi connectivity index (χ1n) is 0.993. The molecule has 0 unspecified atom stereocenters. The summed E-state index contributed by atoms with van der Waals surface area (Å²) in [4.78, 5) is 9.28. The molecular weight excluding hydrogens is 66.9 g/mol. The SMILES string of the molecule is [B]C(=O)[SiH3]. The van der Waals surface area contributed by atoms with E-state index in [2.05, 4.69) is 7.85 Å². The van der Waals surface area contributed by atoms with Crippen LogP contribution in [0.15, 0.2) is 0 Å². The molecule has 0 rings (SSSR count). The third-order valence-corrected chi connectivity index (χ3v) is 0. The van der Waals surface area contributed by atoms with Crippen molar-refractivity contribution in [1.82, 2.24) is 0 Å². The molecule has 0 spiro atoms. The van der Waals surface area contributed by atoms with Crippen LogP contribution in [0.2, 0.25) is 0 Å². The molecule has 20 valence electrons. The zero-order chi connectivity index (χ0) is 3.58. The van der Waals surface area contributed by atoms with Gasteiger partial charge >= 0.3 is 0 Å². The molecule has 3 heteroatoms. The van der Waals surface area contributed by atoms with Gasteiger partial charge in [-0.25, -0.2) is 0 Å². The standard InChI is InChI=1S/CH3BOSi/c2-1(3)4/h4H3. The Kier molecular flexibility index (Phi) is 1.28. The lowest BCUT2D eigenvalue weighted by atomic mass is 10.2.